The van der Waals surface area contributed by atoms with Gasteiger partial charge in [-0.15, -0.1) is 11.8 Å². The van der Waals surface area contributed by atoms with E-state index in [1.54, 1.807) is 25.5 Å². The van der Waals surface area contributed by atoms with Crippen molar-refractivity contribution < 1.29 is 15.3 Å². The highest BCUT2D eigenvalue weighted by atomic mass is 32.2. The molecule has 2 fully saturated rings. The maximum Gasteiger partial charge on any atom is 0.117 e. The zero-order valence-electron chi connectivity index (χ0n) is 19.7. The lowest BCUT2D eigenvalue weighted by Crippen LogP contribution is -2.37. The molecule has 0 heterocycles. The van der Waals surface area contributed by atoms with E-state index in [9.17, 15) is 15.3 Å². The molecule has 3 nitrogen and oxygen atoms in total. The number of fused-ring (bicyclic) bond motifs is 1. The normalized spacial score (nSPS) is 37.0. The Morgan fingerprint density at radius 3 is 2.74 bits per heavy atom. The van der Waals surface area contributed by atoms with E-state index >= 15 is 0 Å². The van der Waals surface area contributed by atoms with E-state index < -0.39 is 16.6 Å². The van der Waals surface area contributed by atoms with E-state index in [0.717, 1.165) is 30.4 Å². The molecule has 172 valence electrons. The number of hydrogen-bond donors (Lipinski definition) is 3. The Morgan fingerprint density at radius 1 is 1.32 bits per heavy atom. The van der Waals surface area contributed by atoms with E-state index in [1.807, 2.05) is 6.08 Å². The summed E-state index contributed by atoms with van der Waals surface area (Å²) in [7, 11) is 0. The molecule has 4 heteroatoms. The van der Waals surface area contributed by atoms with Gasteiger partial charge in [-0.1, -0.05) is 62.0 Å². The molecule has 0 saturated heterocycles. The van der Waals surface area contributed by atoms with Gasteiger partial charge in [0.05, 0.1) is 11.7 Å². The SMILES string of the molecule is C=C1C(=CC=C2CCC[C@]3(C)C(CC)=CC[C@@H]23)C[C@](O)(SCC=CC(C)(C)O)C[C@@H]1O. The lowest BCUT2D eigenvalue weighted by Gasteiger charge is -2.41. The lowest BCUT2D eigenvalue weighted by atomic mass is 9.64. The molecule has 31 heavy (non-hydrogen) atoms. The lowest BCUT2D eigenvalue weighted by molar-refractivity contribution is 0.0609. The van der Waals surface area contributed by atoms with Crippen LogP contribution in [-0.2, 0) is 0 Å². The van der Waals surface area contributed by atoms with Crippen LogP contribution >= 0.6 is 11.8 Å². The largest absolute Gasteiger partial charge is 0.388 e. The third-order valence-corrected chi connectivity index (χ3v) is 8.57. The minimum Gasteiger partial charge on any atom is -0.388 e. The Kier molecular flexibility index (Phi) is 7.47. The van der Waals surface area contributed by atoms with Crippen molar-refractivity contribution in [2.75, 3.05) is 5.75 Å². The summed E-state index contributed by atoms with van der Waals surface area (Å²) < 4.78 is 0. The maximum absolute atomic E-state index is 11.1. The second-order valence-electron chi connectivity index (χ2n) is 10.3. The van der Waals surface area contributed by atoms with E-state index in [-0.39, 0.29) is 6.42 Å². The van der Waals surface area contributed by atoms with Crippen LogP contribution in [0.5, 0.6) is 0 Å². The van der Waals surface area contributed by atoms with Gasteiger partial charge in [0, 0.05) is 18.6 Å². The summed E-state index contributed by atoms with van der Waals surface area (Å²) >= 11 is 1.42. The zero-order valence-corrected chi connectivity index (χ0v) is 20.5. The molecule has 0 spiro atoms. The van der Waals surface area contributed by atoms with Crippen molar-refractivity contribution in [3.05, 3.63) is 59.3 Å². The van der Waals surface area contributed by atoms with Gasteiger partial charge in [-0.25, -0.2) is 0 Å². The topological polar surface area (TPSA) is 60.7 Å². The summed E-state index contributed by atoms with van der Waals surface area (Å²) in [6.45, 7) is 12.3. The number of aliphatic hydroxyl groups excluding tert-OH is 1. The summed E-state index contributed by atoms with van der Waals surface area (Å²) in [5.74, 6) is 1.16. The van der Waals surface area contributed by atoms with Crippen molar-refractivity contribution >= 4 is 11.8 Å². The van der Waals surface area contributed by atoms with Crippen LogP contribution in [0, 0.1) is 11.3 Å². The molecule has 4 atom stereocenters. The van der Waals surface area contributed by atoms with Gasteiger partial charge >= 0.3 is 0 Å². The van der Waals surface area contributed by atoms with Crippen LogP contribution in [0.3, 0.4) is 0 Å². The zero-order chi connectivity index (χ0) is 22.9. The number of rotatable bonds is 6. The van der Waals surface area contributed by atoms with Crippen LogP contribution in [-0.4, -0.2) is 37.7 Å². The summed E-state index contributed by atoms with van der Waals surface area (Å²) in [6.07, 6.45) is 16.4. The highest BCUT2D eigenvalue weighted by molar-refractivity contribution is 8.00. The predicted octanol–water partition coefficient (Wildman–Crippen LogP) is 5.85. The fourth-order valence-corrected chi connectivity index (χ4v) is 6.64. The van der Waals surface area contributed by atoms with Crippen molar-refractivity contribution in [3.8, 4) is 0 Å². The summed E-state index contributed by atoms with van der Waals surface area (Å²) in [4.78, 5) is -1.03. The molecule has 0 aliphatic heterocycles. The first-order valence-corrected chi connectivity index (χ1v) is 12.7. The van der Waals surface area contributed by atoms with Gasteiger partial charge in [-0.05, 0) is 68.4 Å². The molecular formula is C27H40O3S. The van der Waals surface area contributed by atoms with Crippen molar-refractivity contribution in [1.82, 2.24) is 0 Å². The van der Waals surface area contributed by atoms with E-state index in [4.69, 9.17) is 0 Å². The fraction of sp³-hybridized carbons (Fsp3) is 0.630. The number of allylic oxidation sites excluding steroid dienone is 5. The van der Waals surface area contributed by atoms with Crippen molar-refractivity contribution in [2.24, 2.45) is 11.3 Å². The first-order chi connectivity index (χ1) is 14.5. The second kappa shape index (κ2) is 9.43. The van der Waals surface area contributed by atoms with Crippen molar-refractivity contribution in [3.63, 3.8) is 0 Å². The monoisotopic (exact) mass is 444 g/mol. The predicted molar refractivity (Wildman–Crippen MR) is 132 cm³/mol. The van der Waals surface area contributed by atoms with Crippen LogP contribution in [0.25, 0.3) is 0 Å². The minimum absolute atomic E-state index is 0.283. The third-order valence-electron chi connectivity index (χ3n) is 7.36. The minimum atomic E-state index is -1.03. The maximum atomic E-state index is 11.1. The smallest absolute Gasteiger partial charge is 0.117 e. The molecule has 0 amide bonds. The Bertz CT molecular complexity index is 813. The summed E-state index contributed by atoms with van der Waals surface area (Å²) in [5.41, 5.74) is 4.22. The van der Waals surface area contributed by atoms with E-state index in [2.05, 4.69) is 38.7 Å². The summed E-state index contributed by atoms with van der Waals surface area (Å²) in [6, 6.07) is 0. The molecule has 3 aliphatic carbocycles. The number of hydrogen-bond acceptors (Lipinski definition) is 4. The first-order valence-electron chi connectivity index (χ1n) is 11.7. The highest BCUT2D eigenvalue weighted by Gasteiger charge is 2.44. The van der Waals surface area contributed by atoms with Gasteiger partial charge in [0.15, 0.2) is 0 Å². The molecule has 0 aromatic carbocycles. The molecule has 2 saturated carbocycles. The Morgan fingerprint density at radius 2 is 2.06 bits per heavy atom. The highest BCUT2D eigenvalue weighted by Crippen LogP contribution is 2.55. The van der Waals surface area contributed by atoms with Crippen LogP contribution < -0.4 is 0 Å². The van der Waals surface area contributed by atoms with E-state index in [1.165, 1.54) is 30.2 Å². The fourth-order valence-electron chi connectivity index (χ4n) is 5.60. The quantitative estimate of drug-likeness (QED) is 0.355. The van der Waals surface area contributed by atoms with Crippen LogP contribution in [0.2, 0.25) is 0 Å². The van der Waals surface area contributed by atoms with Crippen LogP contribution in [0.4, 0.5) is 0 Å². The van der Waals surface area contributed by atoms with Crippen LogP contribution in [0.15, 0.2) is 59.3 Å². The van der Waals surface area contributed by atoms with Crippen LogP contribution in [0.1, 0.15) is 72.6 Å². The van der Waals surface area contributed by atoms with Gasteiger partial charge in [-0.2, -0.15) is 0 Å². The Labute approximate surface area is 192 Å². The molecule has 3 aliphatic rings. The number of thioether (sulfide) groups is 1. The average molecular weight is 445 g/mol. The van der Waals surface area contributed by atoms with Gasteiger partial charge in [0.1, 0.15) is 4.93 Å². The molecule has 3 rings (SSSR count). The number of aliphatic hydroxyl groups is 3. The molecule has 0 aromatic heterocycles. The van der Waals surface area contributed by atoms with E-state index in [0.29, 0.717) is 23.5 Å². The average Bonchev–Trinajstić information content (AvgIpc) is 3.03. The molecular weight excluding hydrogens is 404 g/mol. The van der Waals surface area contributed by atoms with Gasteiger partial charge in [0.25, 0.3) is 0 Å². The Balaban J connectivity index is 1.74. The summed E-state index contributed by atoms with van der Waals surface area (Å²) in [5, 5.41) is 31.5. The van der Waals surface area contributed by atoms with Crippen molar-refractivity contribution in [1.29, 1.82) is 0 Å². The second-order valence-corrected chi connectivity index (χ2v) is 11.7. The Hall–Kier alpha value is -1.07. The van der Waals surface area contributed by atoms with Gasteiger partial charge in [0.2, 0.25) is 0 Å². The molecule has 0 bridgehead atoms. The molecule has 0 radical (unpaired) electrons. The third kappa shape index (κ3) is 5.65. The molecule has 0 unspecified atom stereocenters. The molecule has 3 N–H and O–H groups in total. The first kappa shape index (κ1) is 24.6. The molecule has 0 aromatic rings. The standard InChI is InChI=1S/C27H40O3S/c1-6-22-12-13-23-20(9-7-15-26(22,23)5)10-11-21-17-27(30,18-24(28)19(21)2)31-16-8-14-25(3,4)29/h8,10-12,14,23-24,28-30H,2,6-7,9,13,15-18H2,1,3-5H3/t23-,24-,26+,27-/m0/s1. The van der Waals surface area contributed by atoms with Gasteiger partial charge in [-0.3, -0.25) is 0 Å². The van der Waals surface area contributed by atoms with Gasteiger partial charge < -0.3 is 15.3 Å². The van der Waals surface area contributed by atoms with Crippen molar-refractivity contribution in [2.45, 2.75) is 89.3 Å².